The second-order valence-electron chi connectivity index (χ2n) is 2.51. The van der Waals surface area contributed by atoms with Crippen molar-refractivity contribution in [3.63, 3.8) is 0 Å². The molecule has 2 aromatic rings. The SMILES string of the molecule is Nc1ncnc(-c2cccnc2Cl)n1. The lowest BCUT2D eigenvalue weighted by Crippen LogP contribution is -1.98. The van der Waals surface area contributed by atoms with Crippen LogP contribution >= 0.6 is 11.6 Å². The van der Waals surface area contributed by atoms with Crippen molar-refractivity contribution in [2.45, 2.75) is 0 Å². The zero-order chi connectivity index (χ0) is 9.97. The van der Waals surface area contributed by atoms with Crippen LogP contribution in [-0.4, -0.2) is 19.9 Å². The van der Waals surface area contributed by atoms with Crippen molar-refractivity contribution in [2.24, 2.45) is 0 Å². The summed E-state index contributed by atoms with van der Waals surface area (Å²) in [4.78, 5) is 15.5. The molecule has 5 nitrogen and oxygen atoms in total. The highest BCUT2D eigenvalue weighted by atomic mass is 35.5. The smallest absolute Gasteiger partial charge is 0.223 e. The highest BCUT2D eigenvalue weighted by Crippen LogP contribution is 2.21. The van der Waals surface area contributed by atoms with Gasteiger partial charge in [-0.3, -0.25) is 0 Å². The molecule has 0 aliphatic heterocycles. The van der Waals surface area contributed by atoms with Crippen LogP contribution in [-0.2, 0) is 0 Å². The van der Waals surface area contributed by atoms with Gasteiger partial charge in [-0.25, -0.2) is 15.0 Å². The Balaban J connectivity index is 2.55. The molecule has 2 rings (SSSR count). The fourth-order valence-corrected chi connectivity index (χ4v) is 1.20. The lowest BCUT2D eigenvalue weighted by molar-refractivity contribution is 1.07. The molecule has 0 saturated carbocycles. The summed E-state index contributed by atoms with van der Waals surface area (Å²) in [5, 5.41) is 0.345. The molecule has 0 radical (unpaired) electrons. The van der Waals surface area contributed by atoms with Gasteiger partial charge in [-0.1, -0.05) is 11.6 Å². The number of halogens is 1. The molecule has 0 aliphatic carbocycles. The Hall–Kier alpha value is -1.75. The van der Waals surface area contributed by atoms with E-state index in [-0.39, 0.29) is 5.95 Å². The maximum atomic E-state index is 5.86. The Morgan fingerprint density at radius 2 is 2.07 bits per heavy atom. The molecule has 2 aromatic heterocycles. The van der Waals surface area contributed by atoms with Gasteiger partial charge in [-0.05, 0) is 12.1 Å². The molecule has 2 heterocycles. The van der Waals surface area contributed by atoms with Crippen LogP contribution in [0.2, 0.25) is 5.15 Å². The first-order valence-electron chi connectivity index (χ1n) is 3.83. The summed E-state index contributed by atoms with van der Waals surface area (Å²) in [5.74, 6) is 0.588. The summed E-state index contributed by atoms with van der Waals surface area (Å²) in [6, 6.07) is 3.52. The molecule has 0 spiro atoms. The van der Waals surface area contributed by atoms with Crippen molar-refractivity contribution in [3.05, 3.63) is 29.8 Å². The molecule has 2 N–H and O–H groups in total. The van der Waals surface area contributed by atoms with E-state index in [9.17, 15) is 0 Å². The molecule has 14 heavy (non-hydrogen) atoms. The van der Waals surface area contributed by atoms with Crippen LogP contribution in [0.25, 0.3) is 11.4 Å². The Morgan fingerprint density at radius 3 is 2.79 bits per heavy atom. The van der Waals surface area contributed by atoms with E-state index in [2.05, 4.69) is 19.9 Å². The third kappa shape index (κ3) is 1.62. The maximum absolute atomic E-state index is 5.86. The molecule has 0 saturated heterocycles. The Kier molecular flexibility index (Phi) is 2.24. The first kappa shape index (κ1) is 8.83. The number of pyridine rings is 1. The Morgan fingerprint density at radius 1 is 1.21 bits per heavy atom. The van der Waals surface area contributed by atoms with Crippen molar-refractivity contribution in [3.8, 4) is 11.4 Å². The molecule has 0 aliphatic rings. The summed E-state index contributed by atoms with van der Waals surface area (Å²) in [7, 11) is 0. The lowest BCUT2D eigenvalue weighted by atomic mass is 10.3. The maximum Gasteiger partial charge on any atom is 0.223 e. The van der Waals surface area contributed by atoms with Gasteiger partial charge in [-0.2, -0.15) is 4.98 Å². The summed E-state index contributed by atoms with van der Waals surface area (Å²) in [5.41, 5.74) is 6.06. The van der Waals surface area contributed by atoms with Crippen molar-refractivity contribution in [1.29, 1.82) is 0 Å². The summed E-state index contributed by atoms with van der Waals surface area (Å²) >= 11 is 5.86. The number of hydrogen-bond donors (Lipinski definition) is 1. The second-order valence-corrected chi connectivity index (χ2v) is 2.87. The summed E-state index contributed by atoms with van der Waals surface area (Å²) < 4.78 is 0. The fourth-order valence-electron chi connectivity index (χ4n) is 0.992. The van der Waals surface area contributed by atoms with Crippen molar-refractivity contribution < 1.29 is 0 Å². The first-order valence-corrected chi connectivity index (χ1v) is 4.20. The van der Waals surface area contributed by atoms with E-state index < -0.39 is 0 Å². The highest BCUT2D eigenvalue weighted by Gasteiger charge is 2.06. The van der Waals surface area contributed by atoms with Gasteiger partial charge in [0.15, 0.2) is 5.82 Å². The predicted molar refractivity (Wildman–Crippen MR) is 52.5 cm³/mol. The normalized spacial score (nSPS) is 10.1. The molecule has 0 aromatic carbocycles. The minimum Gasteiger partial charge on any atom is -0.368 e. The van der Waals surface area contributed by atoms with Crippen molar-refractivity contribution >= 4 is 17.5 Å². The van der Waals surface area contributed by atoms with Gasteiger partial charge in [-0.15, -0.1) is 0 Å². The minimum atomic E-state index is 0.162. The molecule has 0 unspecified atom stereocenters. The van der Waals surface area contributed by atoms with Crippen LogP contribution < -0.4 is 5.73 Å². The number of rotatable bonds is 1. The van der Waals surface area contributed by atoms with Gasteiger partial charge < -0.3 is 5.73 Å². The number of nitrogen functional groups attached to an aromatic ring is 1. The van der Waals surface area contributed by atoms with E-state index in [1.54, 1.807) is 18.3 Å². The van der Waals surface area contributed by atoms with Gasteiger partial charge in [0, 0.05) is 6.20 Å². The zero-order valence-electron chi connectivity index (χ0n) is 7.05. The van der Waals surface area contributed by atoms with Gasteiger partial charge in [0.1, 0.15) is 11.5 Å². The van der Waals surface area contributed by atoms with E-state index in [1.165, 1.54) is 6.33 Å². The number of nitrogens with two attached hydrogens (primary N) is 1. The Labute approximate surface area is 85.0 Å². The topological polar surface area (TPSA) is 77.6 Å². The third-order valence-corrected chi connectivity index (χ3v) is 1.89. The molecule has 0 amide bonds. The molecule has 0 fully saturated rings. The van der Waals surface area contributed by atoms with Crippen LogP contribution in [0.1, 0.15) is 0 Å². The third-order valence-electron chi connectivity index (χ3n) is 1.59. The largest absolute Gasteiger partial charge is 0.368 e. The van der Waals surface area contributed by atoms with Crippen LogP contribution in [0.3, 0.4) is 0 Å². The number of anilines is 1. The van der Waals surface area contributed by atoms with Crippen LogP contribution in [0.4, 0.5) is 5.95 Å². The van der Waals surface area contributed by atoms with Gasteiger partial charge in [0.05, 0.1) is 5.56 Å². The predicted octanol–water partition coefficient (Wildman–Crippen LogP) is 1.17. The first-order chi connectivity index (χ1) is 6.77. The van der Waals surface area contributed by atoms with Gasteiger partial charge in [0.2, 0.25) is 5.95 Å². The van der Waals surface area contributed by atoms with Crippen LogP contribution in [0.5, 0.6) is 0 Å². The quantitative estimate of drug-likeness (QED) is 0.711. The summed E-state index contributed by atoms with van der Waals surface area (Å²) in [6.45, 7) is 0. The van der Waals surface area contributed by atoms with Crippen molar-refractivity contribution in [1.82, 2.24) is 19.9 Å². The molecule has 70 valence electrons. The van der Waals surface area contributed by atoms with Gasteiger partial charge >= 0.3 is 0 Å². The number of aromatic nitrogens is 4. The zero-order valence-corrected chi connectivity index (χ0v) is 7.81. The highest BCUT2D eigenvalue weighted by molar-refractivity contribution is 6.31. The average Bonchev–Trinajstić information content (AvgIpc) is 2.18. The monoisotopic (exact) mass is 207 g/mol. The fraction of sp³-hybridized carbons (Fsp3) is 0. The van der Waals surface area contributed by atoms with E-state index in [0.29, 0.717) is 16.5 Å². The summed E-state index contributed by atoms with van der Waals surface area (Å²) in [6.07, 6.45) is 2.93. The molecule has 0 atom stereocenters. The minimum absolute atomic E-state index is 0.162. The molecule has 6 heteroatoms. The van der Waals surface area contributed by atoms with E-state index in [1.807, 2.05) is 0 Å². The Bertz CT molecular complexity index is 459. The van der Waals surface area contributed by atoms with Gasteiger partial charge in [0.25, 0.3) is 0 Å². The van der Waals surface area contributed by atoms with E-state index in [0.717, 1.165) is 0 Å². The van der Waals surface area contributed by atoms with Crippen molar-refractivity contribution in [2.75, 3.05) is 5.73 Å². The van der Waals surface area contributed by atoms with E-state index >= 15 is 0 Å². The number of hydrogen-bond acceptors (Lipinski definition) is 5. The van der Waals surface area contributed by atoms with Crippen LogP contribution in [0, 0.1) is 0 Å². The lowest BCUT2D eigenvalue weighted by Gasteiger charge is -2.00. The second kappa shape index (κ2) is 3.55. The molecular formula is C8H6ClN5. The average molecular weight is 208 g/mol. The molecule has 0 bridgehead atoms. The standard InChI is InChI=1S/C8H6ClN5/c9-6-5(2-1-3-11-6)7-12-4-13-8(10)14-7/h1-4H,(H2,10,12,13,14). The van der Waals surface area contributed by atoms with E-state index in [4.69, 9.17) is 17.3 Å². The number of nitrogens with zero attached hydrogens (tertiary/aromatic N) is 4. The van der Waals surface area contributed by atoms with Crippen LogP contribution in [0.15, 0.2) is 24.7 Å². The molecular weight excluding hydrogens is 202 g/mol.